The summed E-state index contributed by atoms with van der Waals surface area (Å²) >= 11 is 13.7. The Bertz CT molecular complexity index is 983. The number of carbonyl (C=O) groups excluding carboxylic acids is 1. The first-order valence-corrected chi connectivity index (χ1v) is 11.2. The smallest absolute Gasteiger partial charge is 0.319 e. The van der Waals surface area contributed by atoms with Gasteiger partial charge in [-0.2, -0.15) is 0 Å². The van der Waals surface area contributed by atoms with E-state index in [4.69, 9.17) is 23.2 Å². The minimum Gasteiger partial charge on any atom is -0.334 e. The van der Waals surface area contributed by atoms with Crippen LogP contribution in [-0.2, 0) is 6.54 Å². The zero-order valence-corrected chi connectivity index (χ0v) is 18.4. The van der Waals surface area contributed by atoms with Crippen molar-refractivity contribution in [2.75, 3.05) is 18.4 Å². The second kappa shape index (κ2) is 9.75. The Kier molecular flexibility index (Phi) is 6.84. The van der Waals surface area contributed by atoms with Crippen LogP contribution in [0.3, 0.4) is 0 Å². The molecular formula is C21H21Cl2N5OS. The molecule has 9 heteroatoms. The zero-order chi connectivity index (χ0) is 20.9. The highest BCUT2D eigenvalue weighted by Crippen LogP contribution is 2.34. The molecule has 2 N–H and O–H groups in total. The summed E-state index contributed by atoms with van der Waals surface area (Å²) in [5.74, 6) is 0.934. The summed E-state index contributed by atoms with van der Waals surface area (Å²) in [5.41, 5.74) is 0.700. The van der Waals surface area contributed by atoms with Crippen molar-refractivity contribution in [2.24, 2.45) is 0 Å². The number of piperidine rings is 1. The number of nitrogens with one attached hydrogen (secondary N) is 2. The lowest BCUT2D eigenvalue weighted by atomic mass is 9.90. The Morgan fingerprint density at radius 2 is 1.90 bits per heavy atom. The number of urea groups is 1. The molecule has 3 heterocycles. The van der Waals surface area contributed by atoms with Crippen molar-refractivity contribution in [1.29, 1.82) is 0 Å². The Morgan fingerprint density at radius 3 is 2.60 bits per heavy atom. The van der Waals surface area contributed by atoms with Gasteiger partial charge in [-0.25, -0.2) is 14.8 Å². The van der Waals surface area contributed by atoms with Crippen molar-refractivity contribution in [1.82, 2.24) is 20.2 Å². The van der Waals surface area contributed by atoms with Crippen LogP contribution in [0.25, 0.3) is 0 Å². The van der Waals surface area contributed by atoms with Crippen LogP contribution < -0.4 is 10.6 Å². The molecule has 2 aromatic heterocycles. The largest absolute Gasteiger partial charge is 0.334 e. The number of anilines is 1. The van der Waals surface area contributed by atoms with Gasteiger partial charge in [-0.15, -0.1) is 11.3 Å². The number of rotatable bonds is 5. The van der Waals surface area contributed by atoms with E-state index < -0.39 is 0 Å². The van der Waals surface area contributed by atoms with E-state index in [1.165, 1.54) is 0 Å². The van der Waals surface area contributed by atoms with Gasteiger partial charge in [0.25, 0.3) is 0 Å². The number of carbonyl (C=O) groups is 1. The van der Waals surface area contributed by atoms with Crippen molar-refractivity contribution in [3.05, 3.63) is 74.9 Å². The molecule has 0 saturated carbocycles. The number of thiophene rings is 1. The predicted molar refractivity (Wildman–Crippen MR) is 121 cm³/mol. The molecule has 0 bridgehead atoms. The SMILES string of the molecule is O=C(Nc1ccc(Cl)cc1)N[C@@H]1CCN(Cc2ncccn2)C[C@H]1c1ccc(Cl)s1. The highest BCUT2D eigenvalue weighted by atomic mass is 35.5. The Labute approximate surface area is 189 Å². The van der Waals surface area contributed by atoms with Gasteiger partial charge < -0.3 is 10.6 Å². The standard InChI is InChI=1S/C21H21Cl2N5OS/c22-14-2-4-15(5-3-14)26-21(29)27-17-8-11-28(13-20-24-9-1-10-25-20)12-16(17)18-6-7-19(23)30-18/h1-7,9-10,16-17H,8,11-13H2,(H2,26,27,29)/t16-,17-/m1/s1. The number of halogens is 2. The number of aromatic nitrogens is 2. The fourth-order valence-corrected chi connectivity index (χ4v) is 4.98. The molecule has 3 aromatic rings. The number of hydrogen-bond donors (Lipinski definition) is 2. The van der Waals surface area contributed by atoms with Gasteiger partial charge in [0.15, 0.2) is 0 Å². The van der Waals surface area contributed by atoms with E-state index in [1.807, 2.05) is 18.2 Å². The summed E-state index contributed by atoms with van der Waals surface area (Å²) in [6.07, 6.45) is 4.34. The van der Waals surface area contributed by atoms with Gasteiger partial charge >= 0.3 is 6.03 Å². The molecule has 156 valence electrons. The normalized spacial score (nSPS) is 19.4. The second-order valence-electron chi connectivity index (χ2n) is 7.15. The average Bonchev–Trinajstić information content (AvgIpc) is 3.18. The van der Waals surface area contributed by atoms with E-state index in [2.05, 4.69) is 25.5 Å². The van der Waals surface area contributed by atoms with Gasteiger partial charge in [0.1, 0.15) is 5.82 Å². The first-order valence-electron chi connectivity index (χ1n) is 9.63. The first kappa shape index (κ1) is 21.1. The van der Waals surface area contributed by atoms with Crippen LogP contribution in [0, 0.1) is 0 Å². The maximum Gasteiger partial charge on any atom is 0.319 e. The summed E-state index contributed by atoms with van der Waals surface area (Å²) in [5, 5.41) is 6.66. The van der Waals surface area contributed by atoms with E-state index in [0.29, 0.717) is 17.3 Å². The van der Waals surface area contributed by atoms with Crippen molar-refractivity contribution in [3.8, 4) is 0 Å². The van der Waals surface area contributed by atoms with Gasteiger partial charge in [0, 0.05) is 53.0 Å². The van der Waals surface area contributed by atoms with E-state index in [0.717, 1.165) is 34.5 Å². The van der Waals surface area contributed by atoms with Gasteiger partial charge in [-0.05, 0) is 48.9 Å². The molecule has 2 amide bonds. The Balaban J connectivity index is 1.44. The third kappa shape index (κ3) is 5.49. The van der Waals surface area contributed by atoms with Crippen LogP contribution in [0.4, 0.5) is 10.5 Å². The van der Waals surface area contributed by atoms with E-state index in [-0.39, 0.29) is 18.0 Å². The fraction of sp³-hybridized carbons (Fsp3) is 0.286. The minimum atomic E-state index is -0.227. The predicted octanol–water partition coefficient (Wildman–Crippen LogP) is 5.02. The van der Waals surface area contributed by atoms with Crippen LogP contribution in [0.15, 0.2) is 54.9 Å². The van der Waals surface area contributed by atoms with Gasteiger partial charge in [0.2, 0.25) is 0 Å². The van der Waals surface area contributed by atoms with Crippen LogP contribution >= 0.6 is 34.5 Å². The van der Waals surface area contributed by atoms with Gasteiger partial charge in [-0.1, -0.05) is 23.2 Å². The summed E-state index contributed by atoms with van der Waals surface area (Å²) in [7, 11) is 0. The summed E-state index contributed by atoms with van der Waals surface area (Å²) in [6.45, 7) is 2.32. The molecule has 1 aliphatic heterocycles. The quantitative estimate of drug-likeness (QED) is 0.559. The zero-order valence-electron chi connectivity index (χ0n) is 16.1. The number of benzene rings is 1. The average molecular weight is 462 g/mol. The lowest BCUT2D eigenvalue weighted by molar-refractivity contribution is 0.167. The molecule has 0 aliphatic carbocycles. The molecule has 6 nitrogen and oxygen atoms in total. The molecule has 1 fully saturated rings. The van der Waals surface area contributed by atoms with Crippen molar-refractivity contribution in [3.63, 3.8) is 0 Å². The van der Waals surface area contributed by atoms with Crippen molar-refractivity contribution in [2.45, 2.75) is 24.9 Å². The number of likely N-dealkylation sites (tertiary alicyclic amines) is 1. The summed E-state index contributed by atoms with van der Waals surface area (Å²) < 4.78 is 0.748. The van der Waals surface area contributed by atoms with Crippen LogP contribution in [-0.4, -0.2) is 40.0 Å². The molecule has 4 rings (SSSR count). The molecular weight excluding hydrogens is 441 g/mol. The molecule has 30 heavy (non-hydrogen) atoms. The van der Waals surface area contributed by atoms with E-state index in [1.54, 1.807) is 48.0 Å². The third-order valence-corrected chi connectivity index (χ3v) is 6.67. The number of hydrogen-bond acceptors (Lipinski definition) is 5. The summed E-state index contributed by atoms with van der Waals surface area (Å²) in [4.78, 5) is 24.8. The molecule has 2 atom stereocenters. The van der Waals surface area contributed by atoms with Crippen molar-refractivity contribution < 1.29 is 4.79 Å². The summed E-state index contributed by atoms with van der Waals surface area (Å²) in [6, 6.07) is 12.6. The molecule has 1 aliphatic rings. The van der Waals surface area contributed by atoms with E-state index >= 15 is 0 Å². The maximum absolute atomic E-state index is 12.6. The highest BCUT2D eigenvalue weighted by molar-refractivity contribution is 7.16. The number of amides is 2. The second-order valence-corrected chi connectivity index (χ2v) is 9.33. The lowest BCUT2D eigenvalue weighted by Gasteiger charge is -2.38. The molecule has 0 unspecified atom stereocenters. The lowest BCUT2D eigenvalue weighted by Crippen LogP contribution is -2.50. The van der Waals surface area contributed by atoms with Crippen LogP contribution in [0.1, 0.15) is 23.0 Å². The minimum absolute atomic E-state index is 0.0000383. The van der Waals surface area contributed by atoms with Crippen molar-refractivity contribution >= 4 is 46.3 Å². The van der Waals surface area contributed by atoms with Crippen LogP contribution in [0.2, 0.25) is 9.36 Å². The number of nitrogens with zero attached hydrogens (tertiary/aromatic N) is 3. The molecule has 0 radical (unpaired) electrons. The topological polar surface area (TPSA) is 70.2 Å². The van der Waals surface area contributed by atoms with E-state index in [9.17, 15) is 4.79 Å². The first-order chi connectivity index (χ1) is 14.6. The Morgan fingerprint density at radius 1 is 1.13 bits per heavy atom. The van der Waals surface area contributed by atoms with Gasteiger partial charge in [0.05, 0.1) is 10.9 Å². The third-order valence-electron chi connectivity index (χ3n) is 5.06. The maximum atomic E-state index is 12.6. The fourth-order valence-electron chi connectivity index (χ4n) is 3.63. The monoisotopic (exact) mass is 461 g/mol. The molecule has 1 saturated heterocycles. The van der Waals surface area contributed by atoms with Crippen LogP contribution in [0.5, 0.6) is 0 Å². The van der Waals surface area contributed by atoms with Gasteiger partial charge in [-0.3, -0.25) is 4.90 Å². The molecule has 0 spiro atoms. The highest BCUT2D eigenvalue weighted by Gasteiger charge is 2.32. The Hall–Kier alpha value is -2.19. The molecule has 1 aromatic carbocycles.